The molecule has 1 N–H and O–H groups in total. The van der Waals surface area contributed by atoms with Crippen LogP contribution >= 0.6 is 24.0 Å². The smallest absolute Gasteiger partial charge is 0.193 e. The molecule has 2 fully saturated rings. The molecule has 0 saturated carbocycles. The molecule has 0 spiro atoms. The maximum Gasteiger partial charge on any atom is 0.193 e. The van der Waals surface area contributed by atoms with Crippen LogP contribution in [0.25, 0.3) is 0 Å². The molecule has 2 unspecified atom stereocenters. The fraction of sp³-hybridized carbons (Fsp3) is 0.536. The first-order chi connectivity index (χ1) is 16.3. The summed E-state index contributed by atoms with van der Waals surface area (Å²) >= 11 is 0. The van der Waals surface area contributed by atoms with E-state index in [1.807, 2.05) is 6.07 Å². The zero-order valence-corrected chi connectivity index (χ0v) is 22.9. The van der Waals surface area contributed by atoms with Gasteiger partial charge in [0, 0.05) is 45.2 Å². The van der Waals surface area contributed by atoms with Gasteiger partial charge in [-0.2, -0.15) is 0 Å². The Morgan fingerprint density at radius 2 is 1.65 bits per heavy atom. The SMILES string of the molecule is CCNC(=NCC1CCN(CCc2ccccc2)C1)N1CCC(COCc2ccccc2)C1.I. The molecular weight excluding hydrogens is 535 g/mol. The molecule has 6 heteroatoms. The van der Waals surface area contributed by atoms with E-state index in [1.54, 1.807) is 0 Å². The Balaban J connectivity index is 0.00000324. The first kappa shape index (κ1) is 27.0. The molecule has 0 aromatic heterocycles. The van der Waals surface area contributed by atoms with Gasteiger partial charge in [0.05, 0.1) is 13.2 Å². The number of rotatable bonds is 10. The summed E-state index contributed by atoms with van der Waals surface area (Å²) in [4.78, 5) is 10.1. The number of aliphatic imine (C=N–C) groups is 1. The minimum Gasteiger partial charge on any atom is -0.376 e. The van der Waals surface area contributed by atoms with Crippen LogP contribution in [0.1, 0.15) is 30.9 Å². The minimum absolute atomic E-state index is 0. The van der Waals surface area contributed by atoms with Crippen LogP contribution in [0.4, 0.5) is 0 Å². The molecule has 2 heterocycles. The monoisotopic (exact) mass is 576 g/mol. The van der Waals surface area contributed by atoms with Crippen LogP contribution in [0.3, 0.4) is 0 Å². The van der Waals surface area contributed by atoms with Crippen molar-refractivity contribution < 1.29 is 4.74 Å². The minimum atomic E-state index is 0. The van der Waals surface area contributed by atoms with E-state index >= 15 is 0 Å². The Hall–Kier alpha value is -1.64. The Morgan fingerprint density at radius 3 is 2.38 bits per heavy atom. The molecule has 2 aromatic carbocycles. The second-order valence-electron chi connectivity index (χ2n) is 9.49. The van der Waals surface area contributed by atoms with Gasteiger partial charge in [-0.15, -0.1) is 24.0 Å². The van der Waals surface area contributed by atoms with E-state index in [-0.39, 0.29) is 24.0 Å². The van der Waals surface area contributed by atoms with E-state index < -0.39 is 0 Å². The highest BCUT2D eigenvalue weighted by atomic mass is 127. The van der Waals surface area contributed by atoms with E-state index in [0.29, 0.717) is 18.4 Å². The first-order valence-corrected chi connectivity index (χ1v) is 12.7. The van der Waals surface area contributed by atoms with Gasteiger partial charge in [-0.3, -0.25) is 4.99 Å². The molecule has 186 valence electrons. The molecule has 2 aliphatic rings. The van der Waals surface area contributed by atoms with Gasteiger partial charge in [-0.1, -0.05) is 60.7 Å². The zero-order valence-electron chi connectivity index (χ0n) is 20.6. The van der Waals surface area contributed by atoms with E-state index in [0.717, 1.165) is 51.7 Å². The van der Waals surface area contributed by atoms with Crippen LogP contribution in [-0.4, -0.2) is 68.2 Å². The summed E-state index contributed by atoms with van der Waals surface area (Å²) in [6.07, 6.45) is 3.57. The lowest BCUT2D eigenvalue weighted by molar-refractivity contribution is 0.0906. The highest BCUT2D eigenvalue weighted by Crippen LogP contribution is 2.20. The molecule has 0 bridgehead atoms. The number of guanidine groups is 1. The maximum atomic E-state index is 6.01. The number of halogens is 1. The van der Waals surface area contributed by atoms with Crippen molar-refractivity contribution in [3.05, 3.63) is 71.8 Å². The lowest BCUT2D eigenvalue weighted by Crippen LogP contribution is -2.40. The molecule has 2 saturated heterocycles. The summed E-state index contributed by atoms with van der Waals surface area (Å²) < 4.78 is 6.01. The molecule has 0 aliphatic carbocycles. The standard InChI is InChI=1S/C28H40N4O.HI/c1-2-29-28(32-18-15-27(21-32)23-33-22-25-11-7-4-8-12-25)30-19-26-14-17-31(20-26)16-13-24-9-5-3-6-10-24;/h3-12,26-27H,2,13-23H2,1H3,(H,29,30);1H. The Bertz CT molecular complexity index is 848. The quantitative estimate of drug-likeness (QED) is 0.254. The molecule has 2 aliphatic heterocycles. The van der Waals surface area contributed by atoms with Crippen LogP contribution in [0.5, 0.6) is 0 Å². The Kier molecular flexibility index (Phi) is 11.6. The molecular formula is C28H41IN4O. The van der Waals surface area contributed by atoms with Gasteiger partial charge in [-0.05, 0) is 49.8 Å². The third kappa shape index (κ3) is 8.54. The number of hydrogen-bond acceptors (Lipinski definition) is 3. The molecule has 4 rings (SSSR count). The van der Waals surface area contributed by atoms with Crippen molar-refractivity contribution in [1.82, 2.24) is 15.1 Å². The van der Waals surface area contributed by atoms with E-state index in [2.05, 4.69) is 76.6 Å². The maximum absolute atomic E-state index is 6.01. The summed E-state index contributed by atoms with van der Waals surface area (Å²) in [6.45, 7) is 11.2. The van der Waals surface area contributed by atoms with Gasteiger partial charge in [-0.25, -0.2) is 0 Å². The molecule has 34 heavy (non-hydrogen) atoms. The van der Waals surface area contributed by atoms with Crippen molar-refractivity contribution in [2.24, 2.45) is 16.8 Å². The molecule has 5 nitrogen and oxygen atoms in total. The zero-order chi connectivity index (χ0) is 22.7. The average molecular weight is 577 g/mol. The predicted octanol–water partition coefficient (Wildman–Crippen LogP) is 4.67. The Morgan fingerprint density at radius 1 is 0.941 bits per heavy atom. The van der Waals surface area contributed by atoms with Crippen molar-refractivity contribution in [3.8, 4) is 0 Å². The third-order valence-electron chi connectivity index (χ3n) is 6.81. The number of nitrogens with one attached hydrogen (secondary N) is 1. The van der Waals surface area contributed by atoms with Crippen molar-refractivity contribution in [2.75, 3.05) is 52.4 Å². The predicted molar refractivity (Wildman–Crippen MR) is 152 cm³/mol. The molecule has 0 amide bonds. The number of ether oxygens (including phenoxy) is 1. The number of likely N-dealkylation sites (tertiary alicyclic amines) is 2. The molecule has 2 aromatic rings. The van der Waals surface area contributed by atoms with Gasteiger partial charge in [0.25, 0.3) is 0 Å². The lowest BCUT2D eigenvalue weighted by atomic mass is 10.1. The second kappa shape index (κ2) is 14.7. The van der Waals surface area contributed by atoms with Crippen LogP contribution < -0.4 is 5.32 Å². The number of nitrogens with zero attached hydrogens (tertiary/aromatic N) is 3. The first-order valence-electron chi connectivity index (χ1n) is 12.7. The van der Waals surface area contributed by atoms with Crippen molar-refractivity contribution >= 4 is 29.9 Å². The van der Waals surface area contributed by atoms with Gasteiger partial charge >= 0.3 is 0 Å². The van der Waals surface area contributed by atoms with Crippen molar-refractivity contribution in [3.63, 3.8) is 0 Å². The number of hydrogen-bond donors (Lipinski definition) is 1. The highest BCUT2D eigenvalue weighted by molar-refractivity contribution is 14.0. The Labute approximate surface area is 223 Å². The van der Waals surface area contributed by atoms with Gasteiger partial charge < -0.3 is 19.9 Å². The average Bonchev–Trinajstić information content (AvgIpc) is 3.52. The summed E-state index contributed by atoms with van der Waals surface area (Å²) in [6, 6.07) is 21.3. The summed E-state index contributed by atoms with van der Waals surface area (Å²) in [5, 5.41) is 3.53. The molecule has 2 atom stereocenters. The van der Waals surface area contributed by atoms with E-state index in [1.165, 1.54) is 37.1 Å². The van der Waals surface area contributed by atoms with Crippen LogP contribution in [0.15, 0.2) is 65.7 Å². The van der Waals surface area contributed by atoms with E-state index in [9.17, 15) is 0 Å². The fourth-order valence-electron chi connectivity index (χ4n) is 4.92. The van der Waals surface area contributed by atoms with Crippen molar-refractivity contribution in [1.29, 1.82) is 0 Å². The number of benzene rings is 2. The van der Waals surface area contributed by atoms with Crippen molar-refractivity contribution in [2.45, 2.75) is 32.8 Å². The summed E-state index contributed by atoms with van der Waals surface area (Å²) in [7, 11) is 0. The fourth-order valence-corrected chi connectivity index (χ4v) is 4.92. The summed E-state index contributed by atoms with van der Waals surface area (Å²) in [5.74, 6) is 2.34. The van der Waals surface area contributed by atoms with Crippen LogP contribution in [-0.2, 0) is 17.8 Å². The van der Waals surface area contributed by atoms with Gasteiger partial charge in [0.15, 0.2) is 5.96 Å². The van der Waals surface area contributed by atoms with Crippen LogP contribution in [0, 0.1) is 11.8 Å². The summed E-state index contributed by atoms with van der Waals surface area (Å²) in [5.41, 5.74) is 2.68. The van der Waals surface area contributed by atoms with Gasteiger partial charge in [0.2, 0.25) is 0 Å². The normalized spacial score (nSPS) is 21.0. The second-order valence-corrected chi connectivity index (χ2v) is 9.49. The van der Waals surface area contributed by atoms with E-state index in [4.69, 9.17) is 9.73 Å². The van der Waals surface area contributed by atoms with Gasteiger partial charge in [0.1, 0.15) is 0 Å². The lowest BCUT2D eigenvalue weighted by Gasteiger charge is -2.22. The molecule has 0 radical (unpaired) electrons. The highest BCUT2D eigenvalue weighted by Gasteiger charge is 2.26. The third-order valence-corrected chi connectivity index (χ3v) is 6.81. The topological polar surface area (TPSA) is 40.1 Å². The van der Waals surface area contributed by atoms with Crippen LogP contribution in [0.2, 0.25) is 0 Å². The largest absolute Gasteiger partial charge is 0.376 e.